The third-order valence-corrected chi connectivity index (χ3v) is 5.32. The fourth-order valence-corrected chi connectivity index (χ4v) is 3.97. The summed E-state index contributed by atoms with van der Waals surface area (Å²) in [5, 5.41) is 9.49. The topological polar surface area (TPSA) is 45.6 Å². The lowest BCUT2D eigenvalue weighted by atomic mass is 10.0. The maximum atomic E-state index is 12.1. The normalized spacial score (nSPS) is 17.3. The van der Waals surface area contributed by atoms with Crippen LogP contribution in [0.4, 0.5) is 0 Å². The molecular weight excluding hydrogens is 342 g/mol. The number of hydrazone groups is 1. The molecule has 3 heterocycles. The Kier molecular flexibility index (Phi) is 3.82. The van der Waals surface area contributed by atoms with Gasteiger partial charge in [0.25, 0.3) is 0 Å². The molecule has 1 amide bonds. The van der Waals surface area contributed by atoms with Crippen LogP contribution in [-0.2, 0) is 4.79 Å². The van der Waals surface area contributed by atoms with Crippen LogP contribution in [-0.4, -0.2) is 21.6 Å². The van der Waals surface area contributed by atoms with Gasteiger partial charge in [0, 0.05) is 24.3 Å². The van der Waals surface area contributed by atoms with Gasteiger partial charge in [-0.1, -0.05) is 35.9 Å². The van der Waals surface area contributed by atoms with Crippen LogP contribution in [0.2, 0.25) is 5.15 Å². The molecule has 1 atom stereocenters. The molecule has 0 saturated heterocycles. The van der Waals surface area contributed by atoms with Gasteiger partial charge in [0.2, 0.25) is 5.91 Å². The van der Waals surface area contributed by atoms with E-state index >= 15 is 0 Å². The van der Waals surface area contributed by atoms with E-state index in [2.05, 4.69) is 10.1 Å². The molecule has 0 unspecified atom stereocenters. The van der Waals surface area contributed by atoms with Gasteiger partial charge in [-0.2, -0.15) is 5.10 Å². The van der Waals surface area contributed by atoms with Crippen molar-refractivity contribution in [3.8, 4) is 0 Å². The minimum atomic E-state index is -0.218. The van der Waals surface area contributed by atoms with Gasteiger partial charge in [0.15, 0.2) is 0 Å². The Hall–Kier alpha value is -2.24. The van der Waals surface area contributed by atoms with Gasteiger partial charge >= 0.3 is 0 Å². The van der Waals surface area contributed by atoms with Crippen molar-refractivity contribution in [2.75, 3.05) is 0 Å². The third kappa shape index (κ3) is 2.60. The zero-order valence-corrected chi connectivity index (χ0v) is 14.5. The maximum Gasteiger partial charge on any atom is 0.240 e. The van der Waals surface area contributed by atoms with E-state index in [-0.39, 0.29) is 11.9 Å². The number of nitrogens with zero attached hydrogens (tertiary/aromatic N) is 3. The molecular formula is C18H14ClN3OS. The van der Waals surface area contributed by atoms with Crippen molar-refractivity contribution in [3.63, 3.8) is 0 Å². The van der Waals surface area contributed by atoms with E-state index in [0.29, 0.717) is 11.6 Å². The number of carbonyl (C=O) groups excluding carboxylic acids is 1. The molecule has 0 N–H and O–H groups in total. The third-order valence-electron chi connectivity index (χ3n) is 4.10. The first-order chi connectivity index (χ1) is 11.6. The second kappa shape index (κ2) is 6.00. The molecule has 0 aliphatic carbocycles. The molecule has 2 aromatic heterocycles. The van der Waals surface area contributed by atoms with Crippen LogP contribution in [0, 0.1) is 0 Å². The first-order valence-corrected chi connectivity index (χ1v) is 8.85. The van der Waals surface area contributed by atoms with E-state index in [4.69, 9.17) is 11.6 Å². The molecule has 0 bridgehead atoms. The molecule has 24 heavy (non-hydrogen) atoms. The van der Waals surface area contributed by atoms with Crippen molar-refractivity contribution in [2.24, 2.45) is 5.10 Å². The number of aromatic nitrogens is 1. The number of thiophene rings is 1. The molecule has 0 radical (unpaired) electrons. The van der Waals surface area contributed by atoms with Gasteiger partial charge in [0.1, 0.15) is 5.15 Å². The van der Waals surface area contributed by atoms with Crippen molar-refractivity contribution in [1.82, 2.24) is 9.99 Å². The summed E-state index contributed by atoms with van der Waals surface area (Å²) in [6.45, 7) is 1.52. The van der Waals surface area contributed by atoms with Gasteiger partial charge < -0.3 is 0 Å². The van der Waals surface area contributed by atoms with Crippen molar-refractivity contribution >= 4 is 45.5 Å². The molecule has 6 heteroatoms. The lowest BCUT2D eigenvalue weighted by Gasteiger charge is -2.21. The van der Waals surface area contributed by atoms with Gasteiger partial charge in [-0.25, -0.2) is 9.99 Å². The number of fused-ring (bicyclic) bond motifs is 1. The number of pyridine rings is 1. The van der Waals surface area contributed by atoms with Crippen LogP contribution in [0.15, 0.2) is 52.9 Å². The lowest BCUT2D eigenvalue weighted by Crippen LogP contribution is -2.24. The van der Waals surface area contributed by atoms with Crippen LogP contribution in [0.5, 0.6) is 0 Å². The van der Waals surface area contributed by atoms with Crippen LogP contribution >= 0.6 is 22.9 Å². The summed E-state index contributed by atoms with van der Waals surface area (Å²) in [6, 6.07) is 13.6. The summed E-state index contributed by atoms with van der Waals surface area (Å²) < 4.78 is 0. The first kappa shape index (κ1) is 15.3. The Balaban J connectivity index is 1.78. The van der Waals surface area contributed by atoms with Crippen molar-refractivity contribution in [3.05, 3.63) is 63.4 Å². The van der Waals surface area contributed by atoms with Gasteiger partial charge in [-0.05, 0) is 23.6 Å². The highest BCUT2D eigenvalue weighted by Gasteiger charge is 2.33. The predicted molar refractivity (Wildman–Crippen MR) is 97.5 cm³/mol. The molecule has 0 saturated carbocycles. The van der Waals surface area contributed by atoms with Gasteiger partial charge in [-0.3, -0.25) is 4.79 Å². The van der Waals surface area contributed by atoms with E-state index in [1.807, 2.05) is 47.8 Å². The Morgan fingerprint density at radius 1 is 1.29 bits per heavy atom. The molecule has 4 rings (SSSR count). The van der Waals surface area contributed by atoms with Crippen LogP contribution < -0.4 is 0 Å². The molecule has 120 valence electrons. The lowest BCUT2D eigenvalue weighted by molar-refractivity contribution is -0.130. The summed E-state index contributed by atoms with van der Waals surface area (Å²) in [4.78, 5) is 17.6. The van der Waals surface area contributed by atoms with Crippen LogP contribution in [0.1, 0.15) is 29.8 Å². The molecule has 3 aromatic rings. The highest BCUT2D eigenvalue weighted by Crippen LogP contribution is 2.37. The largest absolute Gasteiger partial charge is 0.273 e. The number of carbonyl (C=O) groups is 1. The van der Waals surface area contributed by atoms with E-state index in [1.165, 1.54) is 11.9 Å². The quantitative estimate of drug-likeness (QED) is 0.628. The predicted octanol–water partition coefficient (Wildman–Crippen LogP) is 4.65. The molecule has 0 fully saturated rings. The molecule has 1 aromatic carbocycles. The summed E-state index contributed by atoms with van der Waals surface area (Å²) in [5.74, 6) is -0.101. The monoisotopic (exact) mass is 355 g/mol. The number of hydrogen-bond acceptors (Lipinski definition) is 4. The average molecular weight is 356 g/mol. The van der Waals surface area contributed by atoms with E-state index in [0.717, 1.165) is 27.1 Å². The Bertz CT molecular complexity index is 952. The number of hydrogen-bond donors (Lipinski definition) is 0. The van der Waals surface area contributed by atoms with Gasteiger partial charge in [-0.15, -0.1) is 11.3 Å². The molecule has 1 aliphatic rings. The number of benzene rings is 1. The Labute approximate surface area is 148 Å². The fraction of sp³-hybridized carbons (Fsp3) is 0.167. The Morgan fingerprint density at radius 3 is 2.88 bits per heavy atom. The maximum absolute atomic E-state index is 12.1. The summed E-state index contributed by atoms with van der Waals surface area (Å²) >= 11 is 8.05. The Morgan fingerprint density at radius 2 is 2.12 bits per heavy atom. The number of para-hydroxylation sites is 1. The minimum Gasteiger partial charge on any atom is -0.273 e. The van der Waals surface area contributed by atoms with E-state index in [1.54, 1.807) is 11.3 Å². The number of rotatable bonds is 2. The van der Waals surface area contributed by atoms with Gasteiger partial charge in [0.05, 0.1) is 22.1 Å². The second-order valence-corrected chi connectivity index (χ2v) is 6.97. The zero-order valence-electron chi connectivity index (χ0n) is 12.9. The summed E-state index contributed by atoms with van der Waals surface area (Å²) in [6.07, 6.45) is 0.639. The molecule has 4 nitrogen and oxygen atoms in total. The second-order valence-electron chi connectivity index (χ2n) is 5.67. The number of halogens is 1. The molecule has 1 aliphatic heterocycles. The first-order valence-electron chi connectivity index (χ1n) is 7.60. The fourth-order valence-electron chi connectivity index (χ4n) is 2.98. The van der Waals surface area contributed by atoms with E-state index < -0.39 is 0 Å². The SMILES string of the molecule is CC(=O)N1N=C(c2cccs2)C[C@H]1c1cc2ccccc2nc1Cl. The highest BCUT2D eigenvalue weighted by atomic mass is 35.5. The van der Waals surface area contributed by atoms with Crippen LogP contribution in [0.25, 0.3) is 10.9 Å². The summed E-state index contributed by atoms with van der Waals surface area (Å²) in [5.41, 5.74) is 2.59. The van der Waals surface area contributed by atoms with Crippen molar-refractivity contribution in [2.45, 2.75) is 19.4 Å². The van der Waals surface area contributed by atoms with Crippen molar-refractivity contribution < 1.29 is 4.79 Å². The highest BCUT2D eigenvalue weighted by molar-refractivity contribution is 7.12. The van der Waals surface area contributed by atoms with Crippen molar-refractivity contribution in [1.29, 1.82) is 0 Å². The van der Waals surface area contributed by atoms with E-state index in [9.17, 15) is 4.79 Å². The molecule has 0 spiro atoms. The summed E-state index contributed by atoms with van der Waals surface area (Å²) in [7, 11) is 0. The average Bonchev–Trinajstić information content (AvgIpc) is 3.23. The standard InChI is InChI=1S/C18H14ClN3OS/c1-11(23)22-16(10-15(21-22)17-7-4-8-24-17)13-9-12-5-2-3-6-14(12)20-18(13)19/h2-9,16H,10H2,1H3/t16-/m0/s1. The van der Waals surface area contributed by atoms with Crippen LogP contribution in [0.3, 0.4) is 0 Å². The smallest absolute Gasteiger partial charge is 0.240 e. The minimum absolute atomic E-state index is 0.101. The zero-order chi connectivity index (χ0) is 16.7. The number of amides is 1.